The summed E-state index contributed by atoms with van der Waals surface area (Å²) in [4.78, 5) is 20.1. The Kier molecular flexibility index (Phi) is 16.6. The van der Waals surface area contributed by atoms with Crippen molar-refractivity contribution in [3.05, 3.63) is 294 Å². The Morgan fingerprint density at radius 3 is 1.09 bits per heavy atom. The van der Waals surface area contributed by atoms with Gasteiger partial charge in [0.1, 0.15) is 0 Å². The second-order valence-electron chi connectivity index (χ2n) is 34.2. The first-order valence-corrected chi connectivity index (χ1v) is 37.0. The van der Waals surface area contributed by atoms with E-state index < -0.39 is 11.7 Å². The molecule has 0 N–H and O–H groups in total. The number of rotatable bonds is 9. The second kappa shape index (κ2) is 25.3. The van der Waals surface area contributed by atoms with Gasteiger partial charge in [0.25, 0.3) is 6.71 Å². The summed E-state index contributed by atoms with van der Waals surface area (Å²) in [6.45, 7) is 34.1. The fourth-order valence-corrected chi connectivity index (χ4v) is 15.5. The highest BCUT2D eigenvalue weighted by Crippen LogP contribution is 2.50. The van der Waals surface area contributed by atoms with Crippen molar-refractivity contribution >= 4 is 79.0 Å². The number of hydrogen-bond acceptors (Lipinski definition) is 5. The number of halogens is 3. The molecule has 106 heavy (non-hydrogen) atoms. The van der Waals surface area contributed by atoms with Crippen molar-refractivity contribution in [2.75, 3.05) is 9.80 Å². The first-order valence-electron chi connectivity index (χ1n) is 37.0. The smallest absolute Gasteiger partial charge is 0.311 e. The monoisotopic (exact) mass is 1390 g/mol. The average Bonchev–Trinajstić information content (AvgIpc) is 0.766. The summed E-state index contributed by atoms with van der Waals surface area (Å²) in [7, 11) is 0. The number of para-hydroxylation sites is 2. The molecule has 0 aliphatic carbocycles. The fraction of sp³-hybridized carbons (Fsp3) is 0.219. The summed E-state index contributed by atoms with van der Waals surface area (Å²) >= 11 is 0. The minimum Gasteiger partial charge on any atom is -0.311 e. The van der Waals surface area contributed by atoms with Crippen LogP contribution in [0.5, 0.6) is 0 Å². The summed E-state index contributed by atoms with van der Waals surface area (Å²) in [6, 6.07) is 91.5. The van der Waals surface area contributed by atoms with Gasteiger partial charge >= 0.3 is 6.18 Å². The number of hydrogen-bond donors (Lipinski definition) is 0. The maximum absolute atomic E-state index is 15.4. The third-order valence-electron chi connectivity index (χ3n) is 21.6. The van der Waals surface area contributed by atoms with Gasteiger partial charge in [-0.1, -0.05) is 280 Å². The zero-order chi connectivity index (χ0) is 74.3. The van der Waals surface area contributed by atoms with Gasteiger partial charge in [-0.25, -0.2) is 15.0 Å². The lowest BCUT2D eigenvalue weighted by atomic mass is 9.33. The van der Waals surface area contributed by atoms with Crippen molar-refractivity contribution in [2.45, 2.75) is 137 Å². The van der Waals surface area contributed by atoms with Gasteiger partial charge in [0.15, 0.2) is 17.5 Å². The summed E-state index contributed by atoms with van der Waals surface area (Å²) in [5.41, 5.74) is 25.2. The maximum atomic E-state index is 15.4. The SMILES string of the molecule is CC(C)(C)c1cc(-c2ccc3c(c2)B2c4cc(-c5cc(C(C)(C)C)cc(C(C)(C)C)c5)ccc4N(c4ccccc4)c4cc(-c5ccc6c(c5)c5ccc(C(C)(C)C)cc5n6-c5ccc(C(F)(F)F)cc5-c5nc(-c6ccccc6)nc(-c6ccccc6)n5)cc(c42)N3c2ccccc2)cc(C(C)(C)C)c1. The van der Waals surface area contributed by atoms with Gasteiger partial charge in [-0.15, -0.1) is 0 Å². The van der Waals surface area contributed by atoms with Crippen LogP contribution in [0.1, 0.15) is 137 Å². The van der Waals surface area contributed by atoms with E-state index in [1.54, 1.807) is 6.07 Å². The van der Waals surface area contributed by atoms with E-state index in [4.69, 9.17) is 15.0 Å². The minimum absolute atomic E-state index is 0.0962. The number of anilines is 6. The molecule has 0 atom stereocenters. The predicted octanol–water partition coefficient (Wildman–Crippen LogP) is 24.6. The van der Waals surface area contributed by atoms with Gasteiger partial charge in [0.05, 0.1) is 22.3 Å². The first-order chi connectivity index (χ1) is 50.3. The average molecular weight is 1390 g/mol. The normalized spacial score (nSPS) is 13.3. The molecule has 14 aromatic rings. The number of nitrogens with zero attached hydrogens (tertiary/aromatic N) is 6. The molecule has 0 saturated carbocycles. The third kappa shape index (κ3) is 12.6. The van der Waals surface area contributed by atoms with Crippen LogP contribution in [0.4, 0.5) is 47.3 Å². The standard InChI is InChI=1S/C96H88BF3N6/c1-91(2,3)67-39-41-75-76-50-61(36-42-80(76)106(84(75)58-67)81-45-40-68(96(98,99)100)57-77(81)90-102-88(59-28-20-16-21-29-59)101-89(103-90)60-30-22-17-23-31-60)66-53-85-87-86(54-66)105(74-34-26-19-27-35-74)83-44-38-63(65-48-71(94(10,11)12)56-72(49-65)95(13,14)15)52-79(83)97(87)78-51-62(37-43-82(78)104(85)73-32-24-18-25-33-73)64-46-69(92(4,5)6)55-70(47-64)93(7,8)9/h16-58H,1-15H3. The third-order valence-corrected chi connectivity index (χ3v) is 21.6. The van der Waals surface area contributed by atoms with Crippen molar-refractivity contribution in [1.29, 1.82) is 0 Å². The van der Waals surface area contributed by atoms with E-state index in [1.807, 2.05) is 60.7 Å². The quantitative estimate of drug-likeness (QED) is 0.135. The Balaban J connectivity index is 0.969. The topological polar surface area (TPSA) is 50.1 Å². The van der Waals surface area contributed by atoms with Crippen LogP contribution in [0.2, 0.25) is 0 Å². The fourth-order valence-electron chi connectivity index (χ4n) is 15.5. The molecule has 2 aliphatic rings. The van der Waals surface area contributed by atoms with E-state index >= 15 is 13.2 Å². The van der Waals surface area contributed by atoms with Gasteiger partial charge in [-0.05, 0) is 190 Å². The van der Waals surface area contributed by atoms with Crippen molar-refractivity contribution in [3.8, 4) is 73.2 Å². The van der Waals surface area contributed by atoms with Crippen LogP contribution < -0.4 is 26.2 Å². The second-order valence-corrected chi connectivity index (χ2v) is 34.2. The summed E-state index contributed by atoms with van der Waals surface area (Å²) in [5, 5.41) is 1.87. The van der Waals surface area contributed by atoms with E-state index in [2.05, 4.69) is 300 Å². The predicted molar refractivity (Wildman–Crippen MR) is 439 cm³/mol. The molecule has 0 spiro atoms. The first kappa shape index (κ1) is 69.3. The Labute approximate surface area is 622 Å². The molecular weight excluding hydrogens is 1300 g/mol. The van der Waals surface area contributed by atoms with E-state index in [0.717, 1.165) is 83.7 Å². The molecule has 12 aromatic carbocycles. The van der Waals surface area contributed by atoms with Crippen LogP contribution in [0.15, 0.2) is 261 Å². The molecule has 0 bridgehead atoms. The molecule has 0 unspecified atom stereocenters. The number of benzene rings is 12. The van der Waals surface area contributed by atoms with Gasteiger partial charge in [0.2, 0.25) is 0 Å². The van der Waals surface area contributed by atoms with Crippen LogP contribution in [-0.4, -0.2) is 26.2 Å². The van der Waals surface area contributed by atoms with E-state index in [-0.39, 0.29) is 45.2 Å². The zero-order valence-corrected chi connectivity index (χ0v) is 63.2. The molecule has 16 rings (SSSR count). The van der Waals surface area contributed by atoms with Crippen molar-refractivity contribution in [3.63, 3.8) is 0 Å². The summed E-state index contributed by atoms with van der Waals surface area (Å²) < 4.78 is 48.3. The van der Waals surface area contributed by atoms with Crippen LogP contribution in [-0.2, 0) is 33.3 Å². The Morgan fingerprint density at radius 2 is 0.660 bits per heavy atom. The van der Waals surface area contributed by atoms with Crippen molar-refractivity contribution < 1.29 is 13.2 Å². The Bertz CT molecular complexity index is 5470. The summed E-state index contributed by atoms with van der Waals surface area (Å²) in [6.07, 6.45) is -4.68. The van der Waals surface area contributed by atoms with Gasteiger partial charge in [0, 0.05) is 61.6 Å². The van der Waals surface area contributed by atoms with Crippen molar-refractivity contribution in [1.82, 2.24) is 19.5 Å². The Hall–Kier alpha value is -11.1. The highest BCUT2D eigenvalue weighted by atomic mass is 19.4. The van der Waals surface area contributed by atoms with E-state index in [0.29, 0.717) is 28.5 Å². The molecule has 2 aromatic heterocycles. The van der Waals surface area contributed by atoms with E-state index in [9.17, 15) is 0 Å². The maximum Gasteiger partial charge on any atom is 0.416 e. The van der Waals surface area contributed by atoms with Crippen LogP contribution in [0, 0.1) is 0 Å². The zero-order valence-electron chi connectivity index (χ0n) is 63.2. The molecule has 0 fully saturated rings. The van der Waals surface area contributed by atoms with Crippen LogP contribution >= 0.6 is 0 Å². The number of fused-ring (bicyclic) bond motifs is 7. The minimum atomic E-state index is -4.68. The summed E-state index contributed by atoms with van der Waals surface area (Å²) in [5.74, 6) is 0.803. The van der Waals surface area contributed by atoms with Gasteiger partial charge < -0.3 is 14.4 Å². The number of aromatic nitrogens is 4. The lowest BCUT2D eigenvalue weighted by molar-refractivity contribution is -0.137. The van der Waals surface area contributed by atoms with Crippen LogP contribution in [0.3, 0.4) is 0 Å². The molecule has 0 saturated heterocycles. The molecule has 0 radical (unpaired) electrons. The van der Waals surface area contributed by atoms with Gasteiger partial charge in [-0.3, -0.25) is 0 Å². The van der Waals surface area contributed by atoms with Gasteiger partial charge in [-0.2, -0.15) is 13.2 Å². The number of alkyl halides is 3. The molecule has 526 valence electrons. The molecule has 4 heterocycles. The Morgan fingerprint density at radius 1 is 0.274 bits per heavy atom. The highest BCUT2D eigenvalue weighted by molar-refractivity contribution is 7.00. The molecule has 10 heteroatoms. The molecule has 0 amide bonds. The molecule has 2 aliphatic heterocycles. The lowest BCUT2D eigenvalue weighted by Crippen LogP contribution is -2.61. The van der Waals surface area contributed by atoms with Crippen molar-refractivity contribution in [2.24, 2.45) is 0 Å². The molecular formula is C96H88BF3N6. The highest BCUT2D eigenvalue weighted by Gasteiger charge is 2.45. The van der Waals surface area contributed by atoms with Crippen LogP contribution in [0.25, 0.3) is 95.0 Å². The lowest BCUT2D eigenvalue weighted by Gasteiger charge is -2.44. The van der Waals surface area contributed by atoms with E-state index in [1.165, 1.54) is 61.9 Å². The largest absolute Gasteiger partial charge is 0.416 e. The molecule has 6 nitrogen and oxygen atoms in total.